The molecular weight excluding hydrogens is 242 g/mol. The SMILES string of the molecule is O=[N+]([O-])c1ccc(-c2nc3cnccc3o2)s1. The minimum Gasteiger partial charge on any atom is -0.435 e. The van der Waals surface area contributed by atoms with Gasteiger partial charge in [-0.15, -0.1) is 0 Å². The fraction of sp³-hybridized carbons (Fsp3) is 0. The summed E-state index contributed by atoms with van der Waals surface area (Å²) in [6.07, 6.45) is 3.19. The Bertz CT molecular complexity index is 670. The smallest absolute Gasteiger partial charge is 0.324 e. The first-order chi connectivity index (χ1) is 8.24. The van der Waals surface area contributed by atoms with Crippen molar-refractivity contribution in [3.05, 3.63) is 40.7 Å². The number of rotatable bonds is 2. The Kier molecular flexibility index (Phi) is 2.12. The third-order valence-electron chi connectivity index (χ3n) is 2.17. The highest BCUT2D eigenvalue weighted by Crippen LogP contribution is 2.33. The van der Waals surface area contributed by atoms with Crippen molar-refractivity contribution in [3.63, 3.8) is 0 Å². The molecule has 3 aromatic heterocycles. The zero-order chi connectivity index (χ0) is 11.8. The highest BCUT2D eigenvalue weighted by atomic mass is 32.1. The zero-order valence-electron chi connectivity index (χ0n) is 8.36. The highest BCUT2D eigenvalue weighted by molar-refractivity contribution is 7.18. The number of fused-ring (bicyclic) bond motifs is 1. The molecule has 0 radical (unpaired) electrons. The number of oxazole rings is 1. The summed E-state index contributed by atoms with van der Waals surface area (Å²) < 4.78 is 5.48. The fourth-order valence-corrected chi connectivity index (χ4v) is 2.17. The van der Waals surface area contributed by atoms with Crippen LogP contribution in [-0.2, 0) is 0 Å². The maximum Gasteiger partial charge on any atom is 0.324 e. The van der Waals surface area contributed by atoms with Crippen LogP contribution >= 0.6 is 11.3 Å². The number of hydrogen-bond acceptors (Lipinski definition) is 6. The van der Waals surface area contributed by atoms with Crippen molar-refractivity contribution in [1.29, 1.82) is 0 Å². The Hall–Kier alpha value is -2.28. The lowest BCUT2D eigenvalue weighted by Crippen LogP contribution is -1.80. The van der Waals surface area contributed by atoms with Gasteiger partial charge in [-0.25, -0.2) is 4.98 Å². The van der Waals surface area contributed by atoms with E-state index in [0.29, 0.717) is 21.9 Å². The number of aromatic nitrogens is 2. The number of pyridine rings is 1. The van der Waals surface area contributed by atoms with Gasteiger partial charge in [0, 0.05) is 18.3 Å². The van der Waals surface area contributed by atoms with Gasteiger partial charge < -0.3 is 4.42 Å². The van der Waals surface area contributed by atoms with Crippen LogP contribution in [0, 0.1) is 10.1 Å². The Labute approximate surface area is 98.7 Å². The Morgan fingerprint density at radius 3 is 2.94 bits per heavy atom. The van der Waals surface area contributed by atoms with Gasteiger partial charge in [0.2, 0.25) is 5.89 Å². The second-order valence-electron chi connectivity index (χ2n) is 3.26. The van der Waals surface area contributed by atoms with Crippen LogP contribution in [0.5, 0.6) is 0 Å². The van der Waals surface area contributed by atoms with Gasteiger partial charge in [0.25, 0.3) is 0 Å². The van der Waals surface area contributed by atoms with Gasteiger partial charge in [0.15, 0.2) is 5.58 Å². The average molecular weight is 247 g/mol. The summed E-state index contributed by atoms with van der Waals surface area (Å²) in [5, 5.41) is 10.6. The first kappa shape index (κ1) is 9.91. The lowest BCUT2D eigenvalue weighted by molar-refractivity contribution is -0.380. The molecule has 0 bridgehead atoms. The highest BCUT2D eigenvalue weighted by Gasteiger charge is 2.15. The van der Waals surface area contributed by atoms with Gasteiger partial charge in [0.1, 0.15) is 5.52 Å². The molecule has 0 amide bonds. The maximum absolute atomic E-state index is 10.6. The number of hydrogen-bond donors (Lipinski definition) is 0. The summed E-state index contributed by atoms with van der Waals surface area (Å²) in [6.45, 7) is 0. The van der Waals surface area contributed by atoms with E-state index in [4.69, 9.17) is 4.42 Å². The molecule has 0 aliphatic carbocycles. The summed E-state index contributed by atoms with van der Waals surface area (Å²) in [5.41, 5.74) is 1.25. The van der Waals surface area contributed by atoms with Crippen molar-refractivity contribution in [1.82, 2.24) is 9.97 Å². The van der Waals surface area contributed by atoms with Gasteiger partial charge in [-0.1, -0.05) is 11.3 Å². The lowest BCUT2D eigenvalue weighted by atomic mass is 10.4. The van der Waals surface area contributed by atoms with Crippen LogP contribution in [0.3, 0.4) is 0 Å². The molecule has 17 heavy (non-hydrogen) atoms. The third-order valence-corrected chi connectivity index (χ3v) is 3.20. The van der Waals surface area contributed by atoms with E-state index >= 15 is 0 Å². The summed E-state index contributed by atoms with van der Waals surface area (Å²) in [5.74, 6) is 0.381. The van der Waals surface area contributed by atoms with E-state index in [2.05, 4.69) is 9.97 Å². The van der Waals surface area contributed by atoms with Gasteiger partial charge in [-0.05, 0) is 6.07 Å². The third kappa shape index (κ3) is 1.66. The summed E-state index contributed by atoms with van der Waals surface area (Å²) >= 11 is 1.03. The molecule has 0 aliphatic heterocycles. The predicted molar refractivity (Wildman–Crippen MR) is 61.8 cm³/mol. The summed E-state index contributed by atoms with van der Waals surface area (Å²) in [6, 6.07) is 4.77. The molecule has 84 valence electrons. The van der Waals surface area contributed by atoms with Crippen molar-refractivity contribution in [2.24, 2.45) is 0 Å². The van der Waals surface area contributed by atoms with Crippen LogP contribution < -0.4 is 0 Å². The van der Waals surface area contributed by atoms with Crippen molar-refractivity contribution in [3.8, 4) is 10.8 Å². The molecule has 0 atom stereocenters. The second-order valence-corrected chi connectivity index (χ2v) is 4.32. The second kappa shape index (κ2) is 3.63. The van der Waals surface area contributed by atoms with Crippen LogP contribution in [0.2, 0.25) is 0 Å². The molecular formula is C10H5N3O3S. The quantitative estimate of drug-likeness (QED) is 0.513. The molecule has 0 fully saturated rings. The first-order valence-electron chi connectivity index (χ1n) is 4.69. The van der Waals surface area contributed by atoms with Crippen molar-refractivity contribution >= 4 is 27.4 Å². The van der Waals surface area contributed by atoms with Crippen LogP contribution in [0.1, 0.15) is 0 Å². The van der Waals surface area contributed by atoms with Crippen molar-refractivity contribution < 1.29 is 9.34 Å². The molecule has 0 unspecified atom stereocenters. The van der Waals surface area contributed by atoms with Gasteiger partial charge >= 0.3 is 5.00 Å². The van der Waals surface area contributed by atoms with Gasteiger partial charge in [0.05, 0.1) is 16.0 Å². The molecule has 0 saturated carbocycles. The van der Waals surface area contributed by atoms with E-state index in [1.807, 2.05) is 0 Å². The molecule has 6 nitrogen and oxygen atoms in total. The maximum atomic E-state index is 10.6. The average Bonchev–Trinajstić information content (AvgIpc) is 2.95. The molecule has 3 heterocycles. The number of nitrogens with zero attached hydrogens (tertiary/aromatic N) is 3. The molecule has 0 aromatic carbocycles. The van der Waals surface area contributed by atoms with Crippen LogP contribution in [0.15, 0.2) is 35.0 Å². The van der Waals surface area contributed by atoms with E-state index < -0.39 is 4.92 Å². The predicted octanol–water partition coefficient (Wildman–Crippen LogP) is 2.86. The largest absolute Gasteiger partial charge is 0.435 e. The van der Waals surface area contributed by atoms with E-state index in [0.717, 1.165) is 11.3 Å². The monoisotopic (exact) mass is 247 g/mol. The Morgan fingerprint density at radius 2 is 2.24 bits per heavy atom. The molecule has 0 saturated heterocycles. The first-order valence-corrected chi connectivity index (χ1v) is 5.51. The van der Waals surface area contributed by atoms with Crippen LogP contribution in [0.4, 0.5) is 5.00 Å². The fourth-order valence-electron chi connectivity index (χ4n) is 1.43. The minimum absolute atomic E-state index is 0.0698. The van der Waals surface area contributed by atoms with Gasteiger partial charge in [-0.2, -0.15) is 0 Å². The lowest BCUT2D eigenvalue weighted by Gasteiger charge is -1.84. The number of nitro groups is 1. The topological polar surface area (TPSA) is 82.1 Å². The molecule has 0 aliphatic rings. The molecule has 0 N–H and O–H groups in total. The normalized spacial score (nSPS) is 10.8. The molecule has 3 aromatic rings. The van der Waals surface area contributed by atoms with E-state index in [1.54, 1.807) is 24.5 Å². The Balaban J connectivity index is 2.10. The molecule has 7 heteroatoms. The standard InChI is InChI=1S/C10H5N3O3S/c14-13(15)9-2-1-8(17-9)10-12-6-5-11-4-3-7(6)16-10/h1-5H. The van der Waals surface area contributed by atoms with Crippen molar-refractivity contribution in [2.45, 2.75) is 0 Å². The summed E-state index contributed by atoms with van der Waals surface area (Å²) in [4.78, 5) is 18.9. The van der Waals surface area contributed by atoms with E-state index in [9.17, 15) is 10.1 Å². The van der Waals surface area contributed by atoms with E-state index in [1.165, 1.54) is 6.07 Å². The minimum atomic E-state index is -0.432. The number of thiophene rings is 1. The zero-order valence-corrected chi connectivity index (χ0v) is 9.18. The molecule has 0 spiro atoms. The molecule has 3 rings (SSSR count). The van der Waals surface area contributed by atoms with Gasteiger partial charge in [-0.3, -0.25) is 15.1 Å². The van der Waals surface area contributed by atoms with Crippen molar-refractivity contribution in [2.75, 3.05) is 0 Å². The Morgan fingerprint density at radius 1 is 1.35 bits per heavy atom. The summed E-state index contributed by atoms with van der Waals surface area (Å²) in [7, 11) is 0. The van der Waals surface area contributed by atoms with Crippen LogP contribution in [-0.4, -0.2) is 14.9 Å². The van der Waals surface area contributed by atoms with E-state index in [-0.39, 0.29) is 5.00 Å². The van der Waals surface area contributed by atoms with Crippen LogP contribution in [0.25, 0.3) is 21.9 Å².